The Morgan fingerprint density at radius 3 is 2.79 bits per heavy atom. The predicted molar refractivity (Wildman–Crippen MR) is 104 cm³/mol. The second-order valence-electron chi connectivity index (χ2n) is 7.06. The van der Waals surface area contributed by atoms with E-state index < -0.39 is 5.82 Å². The van der Waals surface area contributed by atoms with Crippen molar-refractivity contribution in [2.45, 2.75) is 26.3 Å². The van der Waals surface area contributed by atoms with Gasteiger partial charge in [-0.3, -0.25) is 9.78 Å². The van der Waals surface area contributed by atoms with E-state index in [0.717, 1.165) is 6.42 Å². The van der Waals surface area contributed by atoms with E-state index in [4.69, 9.17) is 0 Å². The van der Waals surface area contributed by atoms with Gasteiger partial charge in [0.05, 0.1) is 6.54 Å². The first kappa shape index (κ1) is 19.1. The molecule has 1 aromatic carbocycles. The fourth-order valence-electron chi connectivity index (χ4n) is 3.39. The smallest absolute Gasteiger partial charge is 0.227 e. The molecule has 0 bridgehead atoms. The van der Waals surface area contributed by atoms with Gasteiger partial charge in [0, 0.05) is 48.5 Å². The minimum Gasteiger partial charge on any atom is -0.396 e. The first-order valence-corrected chi connectivity index (χ1v) is 9.54. The Hall–Kier alpha value is -3.20. The van der Waals surface area contributed by atoms with Crippen LogP contribution in [0.1, 0.15) is 19.8 Å². The van der Waals surface area contributed by atoms with Crippen LogP contribution in [0.4, 0.5) is 10.1 Å². The number of aromatic nitrogens is 5. The summed E-state index contributed by atoms with van der Waals surface area (Å²) in [7, 11) is 0. The number of tetrazole rings is 1. The molecule has 150 valence electrons. The summed E-state index contributed by atoms with van der Waals surface area (Å²) >= 11 is 0. The molecule has 0 unspecified atom stereocenters. The first-order valence-electron chi connectivity index (χ1n) is 9.54. The van der Waals surface area contributed by atoms with Crippen LogP contribution >= 0.6 is 0 Å². The molecule has 1 N–H and O–H groups in total. The van der Waals surface area contributed by atoms with Crippen molar-refractivity contribution in [2.24, 2.45) is 5.92 Å². The number of hydrogen-bond acceptors (Lipinski definition) is 6. The average Bonchev–Trinajstić information content (AvgIpc) is 3.35. The molecule has 9 heteroatoms. The van der Waals surface area contributed by atoms with Crippen molar-refractivity contribution in [1.29, 1.82) is 0 Å². The third-order valence-electron chi connectivity index (χ3n) is 4.91. The van der Waals surface area contributed by atoms with Crippen LogP contribution in [0.15, 0.2) is 36.5 Å². The average molecular weight is 396 g/mol. The van der Waals surface area contributed by atoms with Crippen LogP contribution in [-0.4, -0.2) is 49.4 Å². The third-order valence-corrected chi connectivity index (χ3v) is 4.91. The molecule has 3 heterocycles. The van der Waals surface area contributed by atoms with Crippen LogP contribution in [0.3, 0.4) is 0 Å². The molecule has 0 saturated carbocycles. The number of pyridine rings is 1. The monoisotopic (exact) mass is 396 g/mol. The fraction of sp³-hybridized carbons (Fsp3) is 0.350. The summed E-state index contributed by atoms with van der Waals surface area (Å²) < 4.78 is 14.8. The molecule has 4 rings (SSSR count). The first-order chi connectivity index (χ1) is 14.1. The van der Waals surface area contributed by atoms with E-state index in [-0.39, 0.29) is 24.9 Å². The third kappa shape index (κ3) is 3.86. The Morgan fingerprint density at radius 2 is 2.14 bits per heavy atom. The van der Waals surface area contributed by atoms with E-state index in [0.29, 0.717) is 41.4 Å². The van der Waals surface area contributed by atoms with Crippen molar-refractivity contribution in [3.63, 3.8) is 0 Å². The number of anilines is 1. The normalized spacial score (nSPS) is 16.6. The lowest BCUT2D eigenvalue weighted by Crippen LogP contribution is -2.25. The molecule has 0 aliphatic carbocycles. The number of amides is 1. The lowest BCUT2D eigenvalue weighted by Gasteiger charge is -2.17. The van der Waals surface area contributed by atoms with Gasteiger partial charge in [0.15, 0.2) is 0 Å². The number of carbonyl (C=O) groups is 1. The molecule has 3 aromatic rings. The maximum atomic E-state index is 14.8. The Labute approximate surface area is 167 Å². The summed E-state index contributed by atoms with van der Waals surface area (Å²) in [6.07, 6.45) is 2.75. The summed E-state index contributed by atoms with van der Waals surface area (Å²) in [6, 6.07) is 8.17. The summed E-state index contributed by atoms with van der Waals surface area (Å²) in [4.78, 5) is 19.5. The van der Waals surface area contributed by atoms with E-state index in [2.05, 4.69) is 20.4 Å². The Kier molecular flexibility index (Phi) is 5.30. The second kappa shape index (κ2) is 8.04. The molecule has 0 spiro atoms. The Morgan fingerprint density at radius 1 is 1.28 bits per heavy atom. The van der Waals surface area contributed by atoms with Gasteiger partial charge < -0.3 is 10.0 Å². The Balaban J connectivity index is 1.54. The minimum atomic E-state index is -0.440. The SMILES string of the molecule is CCCn1nnc(-c2ccc(-c3ccc(N4C[C@H](CO)CC4=O)cc3F)cn2)n1. The van der Waals surface area contributed by atoms with Gasteiger partial charge in [0.25, 0.3) is 0 Å². The van der Waals surface area contributed by atoms with Gasteiger partial charge in [-0.2, -0.15) is 4.80 Å². The number of rotatable bonds is 6. The molecule has 2 aromatic heterocycles. The highest BCUT2D eigenvalue weighted by Gasteiger charge is 2.30. The molecule has 1 aliphatic rings. The van der Waals surface area contributed by atoms with Crippen LogP contribution in [0, 0.1) is 11.7 Å². The second-order valence-corrected chi connectivity index (χ2v) is 7.06. The van der Waals surface area contributed by atoms with Crippen molar-refractivity contribution >= 4 is 11.6 Å². The van der Waals surface area contributed by atoms with Crippen molar-refractivity contribution in [1.82, 2.24) is 25.2 Å². The lowest BCUT2D eigenvalue weighted by atomic mass is 10.1. The van der Waals surface area contributed by atoms with Gasteiger partial charge >= 0.3 is 0 Å². The summed E-state index contributed by atoms with van der Waals surface area (Å²) in [5.74, 6) is -0.229. The number of benzene rings is 1. The maximum absolute atomic E-state index is 14.8. The van der Waals surface area contributed by atoms with E-state index in [1.54, 1.807) is 30.5 Å². The topological polar surface area (TPSA) is 97.0 Å². The lowest BCUT2D eigenvalue weighted by molar-refractivity contribution is -0.117. The van der Waals surface area contributed by atoms with Crippen molar-refractivity contribution in [3.8, 4) is 22.6 Å². The zero-order chi connectivity index (χ0) is 20.4. The van der Waals surface area contributed by atoms with Crippen LogP contribution < -0.4 is 4.90 Å². The van der Waals surface area contributed by atoms with Crippen LogP contribution in [-0.2, 0) is 11.3 Å². The number of carbonyl (C=O) groups excluding carboxylic acids is 1. The minimum absolute atomic E-state index is 0.0537. The quantitative estimate of drug-likeness (QED) is 0.687. The zero-order valence-corrected chi connectivity index (χ0v) is 16.0. The fourth-order valence-corrected chi connectivity index (χ4v) is 3.39. The highest BCUT2D eigenvalue weighted by atomic mass is 19.1. The van der Waals surface area contributed by atoms with Crippen LogP contribution in [0.2, 0.25) is 0 Å². The maximum Gasteiger partial charge on any atom is 0.227 e. The molecule has 1 saturated heterocycles. The molecule has 1 fully saturated rings. The van der Waals surface area contributed by atoms with Crippen molar-refractivity contribution < 1.29 is 14.3 Å². The molecule has 29 heavy (non-hydrogen) atoms. The van der Waals surface area contributed by atoms with E-state index in [9.17, 15) is 14.3 Å². The van der Waals surface area contributed by atoms with Crippen molar-refractivity contribution in [3.05, 3.63) is 42.3 Å². The van der Waals surface area contributed by atoms with Gasteiger partial charge in [0.1, 0.15) is 11.5 Å². The predicted octanol–water partition coefficient (Wildman–Crippen LogP) is 2.30. The largest absolute Gasteiger partial charge is 0.396 e. The molecule has 8 nitrogen and oxygen atoms in total. The summed E-state index contributed by atoms with van der Waals surface area (Å²) in [5.41, 5.74) is 2.06. The number of aryl methyl sites for hydroxylation is 1. The molecule has 1 atom stereocenters. The highest BCUT2D eigenvalue weighted by molar-refractivity contribution is 5.96. The van der Waals surface area contributed by atoms with Gasteiger partial charge in [-0.1, -0.05) is 13.0 Å². The van der Waals surface area contributed by atoms with Gasteiger partial charge in [0.2, 0.25) is 11.7 Å². The van der Waals surface area contributed by atoms with E-state index in [1.165, 1.54) is 15.8 Å². The van der Waals surface area contributed by atoms with E-state index in [1.807, 2.05) is 6.92 Å². The molecular weight excluding hydrogens is 375 g/mol. The number of aliphatic hydroxyl groups is 1. The summed E-state index contributed by atoms with van der Waals surface area (Å²) in [6.45, 7) is 3.06. The van der Waals surface area contributed by atoms with Gasteiger partial charge in [-0.25, -0.2) is 4.39 Å². The number of aliphatic hydroxyl groups excluding tert-OH is 1. The van der Waals surface area contributed by atoms with Crippen molar-refractivity contribution in [2.75, 3.05) is 18.1 Å². The van der Waals surface area contributed by atoms with Gasteiger partial charge in [-0.05, 0) is 35.9 Å². The zero-order valence-electron chi connectivity index (χ0n) is 16.0. The standard InChI is InChI=1S/C20H21FN6O2/c1-2-7-27-24-20(23-25-27)18-6-3-14(10-22-18)16-5-4-15(9-17(16)21)26-11-13(12-28)8-19(26)29/h3-6,9-10,13,28H,2,7-8,11-12H2,1H3/t13-/m1/s1. The molecule has 1 aliphatic heterocycles. The van der Waals surface area contributed by atoms with E-state index >= 15 is 0 Å². The molecule has 1 amide bonds. The number of halogens is 1. The van der Waals surface area contributed by atoms with Crippen LogP contribution in [0.25, 0.3) is 22.6 Å². The molecule has 0 radical (unpaired) electrons. The Bertz CT molecular complexity index is 1020. The summed E-state index contributed by atoms with van der Waals surface area (Å²) in [5, 5.41) is 21.5. The molecular formula is C20H21FN6O2. The van der Waals surface area contributed by atoms with Crippen LogP contribution in [0.5, 0.6) is 0 Å². The highest BCUT2D eigenvalue weighted by Crippen LogP contribution is 2.30. The number of nitrogens with zero attached hydrogens (tertiary/aromatic N) is 6. The van der Waals surface area contributed by atoms with Gasteiger partial charge in [-0.15, -0.1) is 10.2 Å². The number of hydrogen-bond donors (Lipinski definition) is 1.